The Hall–Kier alpha value is -2.14. The van der Waals surface area contributed by atoms with Gasteiger partial charge in [0, 0.05) is 36.7 Å². The molecular weight excluding hydrogens is 505 g/mol. The largest absolute Gasteiger partial charge is 0.418 e. The highest BCUT2D eigenvalue weighted by Crippen LogP contribution is 2.36. The summed E-state index contributed by atoms with van der Waals surface area (Å²) < 4.78 is 40.3. The molecule has 11 heteroatoms. The standard InChI is InChI=1S/C21H26BrF3N6S/c1-12-26-18(11-19(27-12)31(2)3)28-14-5-7-15(8-6-14)29-20(32)30-17-9-4-13(22)10-16(17)21(23,24)25/h4,9-11,14-15H,5-8H2,1-3H3,(H,26,27,28)(H2,29,30,32). The van der Waals surface area contributed by atoms with Crippen LogP contribution in [0.5, 0.6) is 0 Å². The number of benzene rings is 1. The Morgan fingerprint density at radius 2 is 1.75 bits per heavy atom. The van der Waals surface area contributed by atoms with E-state index < -0.39 is 11.7 Å². The summed E-state index contributed by atoms with van der Waals surface area (Å²) >= 11 is 8.37. The maximum absolute atomic E-state index is 13.3. The Kier molecular flexibility index (Phi) is 7.81. The van der Waals surface area contributed by atoms with Crippen molar-refractivity contribution in [3.8, 4) is 0 Å². The van der Waals surface area contributed by atoms with E-state index in [1.54, 1.807) is 6.07 Å². The first-order valence-corrected chi connectivity index (χ1v) is 11.4. The van der Waals surface area contributed by atoms with Crippen molar-refractivity contribution in [1.29, 1.82) is 0 Å². The molecule has 1 saturated carbocycles. The zero-order valence-electron chi connectivity index (χ0n) is 18.1. The third-order valence-electron chi connectivity index (χ3n) is 5.23. The molecule has 0 aliphatic heterocycles. The van der Waals surface area contributed by atoms with Gasteiger partial charge in [0.25, 0.3) is 0 Å². The molecule has 0 bridgehead atoms. The molecule has 0 saturated heterocycles. The first kappa shape index (κ1) is 24.5. The van der Waals surface area contributed by atoms with Crippen LogP contribution < -0.4 is 20.9 Å². The molecule has 1 heterocycles. The van der Waals surface area contributed by atoms with Gasteiger partial charge in [-0.25, -0.2) is 9.97 Å². The van der Waals surface area contributed by atoms with Crippen molar-refractivity contribution in [2.45, 2.75) is 50.9 Å². The number of aryl methyl sites for hydroxylation is 1. The van der Waals surface area contributed by atoms with E-state index in [9.17, 15) is 13.2 Å². The van der Waals surface area contributed by atoms with E-state index in [-0.39, 0.29) is 22.9 Å². The number of alkyl halides is 3. The molecule has 1 fully saturated rings. The predicted molar refractivity (Wildman–Crippen MR) is 129 cm³/mol. The van der Waals surface area contributed by atoms with Crippen LogP contribution in [-0.2, 0) is 6.18 Å². The van der Waals surface area contributed by atoms with Gasteiger partial charge >= 0.3 is 6.18 Å². The lowest BCUT2D eigenvalue weighted by Crippen LogP contribution is -2.42. The Morgan fingerprint density at radius 3 is 2.38 bits per heavy atom. The molecule has 1 aromatic heterocycles. The zero-order chi connectivity index (χ0) is 23.5. The normalized spacial score (nSPS) is 18.7. The van der Waals surface area contributed by atoms with E-state index in [1.807, 2.05) is 32.0 Å². The highest BCUT2D eigenvalue weighted by atomic mass is 79.9. The van der Waals surface area contributed by atoms with Gasteiger partial charge in [0.1, 0.15) is 17.5 Å². The van der Waals surface area contributed by atoms with Crippen LogP contribution in [0.1, 0.15) is 37.1 Å². The number of thiocarbonyl (C=S) groups is 1. The van der Waals surface area contributed by atoms with Crippen LogP contribution in [-0.4, -0.2) is 41.3 Å². The fraction of sp³-hybridized carbons (Fsp3) is 0.476. The lowest BCUT2D eigenvalue weighted by molar-refractivity contribution is -0.136. The van der Waals surface area contributed by atoms with Crippen molar-refractivity contribution in [1.82, 2.24) is 15.3 Å². The lowest BCUT2D eigenvalue weighted by Gasteiger charge is -2.31. The van der Waals surface area contributed by atoms with Gasteiger partial charge in [0.05, 0.1) is 11.3 Å². The maximum atomic E-state index is 13.3. The van der Waals surface area contributed by atoms with Gasteiger partial charge in [0.15, 0.2) is 5.11 Å². The zero-order valence-corrected chi connectivity index (χ0v) is 20.5. The van der Waals surface area contributed by atoms with Gasteiger partial charge in [-0.05, 0) is 63.0 Å². The molecular formula is C21H26BrF3N6S. The van der Waals surface area contributed by atoms with Crippen molar-refractivity contribution >= 4 is 50.6 Å². The number of halogens is 4. The molecule has 1 aromatic carbocycles. The number of nitrogens with zero attached hydrogens (tertiary/aromatic N) is 3. The van der Waals surface area contributed by atoms with Crippen LogP contribution in [0.25, 0.3) is 0 Å². The minimum atomic E-state index is -4.47. The van der Waals surface area contributed by atoms with Gasteiger partial charge in [-0.2, -0.15) is 13.2 Å². The molecule has 174 valence electrons. The van der Waals surface area contributed by atoms with Gasteiger partial charge in [-0.3, -0.25) is 0 Å². The van der Waals surface area contributed by atoms with Crippen LogP contribution in [0.15, 0.2) is 28.7 Å². The van der Waals surface area contributed by atoms with E-state index >= 15 is 0 Å². The highest BCUT2D eigenvalue weighted by molar-refractivity contribution is 9.10. The van der Waals surface area contributed by atoms with Crippen LogP contribution in [0, 0.1) is 6.92 Å². The molecule has 0 atom stereocenters. The number of rotatable bonds is 5. The molecule has 0 radical (unpaired) electrons. The molecule has 2 aromatic rings. The maximum Gasteiger partial charge on any atom is 0.418 e. The van der Waals surface area contributed by atoms with E-state index in [1.165, 1.54) is 6.07 Å². The quantitative estimate of drug-likeness (QED) is 0.450. The average Bonchev–Trinajstić information content (AvgIpc) is 2.69. The molecule has 1 aliphatic rings. The summed E-state index contributed by atoms with van der Waals surface area (Å²) in [6, 6.07) is 6.25. The van der Waals surface area contributed by atoms with Crippen LogP contribution >= 0.6 is 28.1 Å². The van der Waals surface area contributed by atoms with Gasteiger partial charge in [-0.15, -0.1) is 0 Å². The Bertz CT molecular complexity index is 961. The van der Waals surface area contributed by atoms with Crippen molar-refractivity contribution in [3.63, 3.8) is 0 Å². The molecule has 0 unspecified atom stereocenters. The summed E-state index contributed by atoms with van der Waals surface area (Å²) in [5.74, 6) is 2.35. The van der Waals surface area contributed by atoms with Crippen molar-refractivity contribution in [2.24, 2.45) is 0 Å². The Morgan fingerprint density at radius 1 is 1.09 bits per heavy atom. The molecule has 3 N–H and O–H groups in total. The first-order valence-electron chi connectivity index (χ1n) is 10.2. The molecule has 0 spiro atoms. The topological polar surface area (TPSA) is 65.1 Å². The molecule has 3 rings (SSSR count). The average molecular weight is 531 g/mol. The van der Waals surface area contributed by atoms with Crippen molar-refractivity contribution < 1.29 is 13.2 Å². The summed E-state index contributed by atoms with van der Waals surface area (Å²) in [5.41, 5.74) is -0.828. The fourth-order valence-electron chi connectivity index (χ4n) is 3.65. The van der Waals surface area contributed by atoms with E-state index in [0.717, 1.165) is 43.4 Å². The minimum Gasteiger partial charge on any atom is -0.367 e. The van der Waals surface area contributed by atoms with E-state index in [4.69, 9.17) is 12.2 Å². The third kappa shape index (κ3) is 6.68. The van der Waals surface area contributed by atoms with Crippen molar-refractivity contribution in [2.75, 3.05) is 29.6 Å². The summed E-state index contributed by atoms with van der Waals surface area (Å²) in [6.07, 6.45) is -0.996. The van der Waals surface area contributed by atoms with Gasteiger partial charge < -0.3 is 20.9 Å². The fourth-order valence-corrected chi connectivity index (χ4v) is 4.29. The first-order chi connectivity index (χ1) is 15.0. The van der Waals surface area contributed by atoms with Gasteiger partial charge in [0.2, 0.25) is 0 Å². The SMILES string of the molecule is Cc1nc(NC2CCC(NC(=S)Nc3ccc(Br)cc3C(F)(F)F)CC2)cc(N(C)C)n1. The summed E-state index contributed by atoms with van der Waals surface area (Å²) in [6.45, 7) is 1.86. The summed E-state index contributed by atoms with van der Waals surface area (Å²) in [4.78, 5) is 10.8. The van der Waals surface area contributed by atoms with E-state index in [2.05, 4.69) is 41.8 Å². The molecule has 6 nitrogen and oxygen atoms in total. The second-order valence-electron chi connectivity index (χ2n) is 8.03. The summed E-state index contributed by atoms with van der Waals surface area (Å²) in [7, 11) is 3.87. The number of nitrogens with one attached hydrogen (secondary N) is 3. The molecule has 0 amide bonds. The van der Waals surface area contributed by atoms with Crippen LogP contribution in [0.2, 0.25) is 0 Å². The number of hydrogen-bond acceptors (Lipinski definition) is 5. The molecule has 1 aliphatic carbocycles. The number of aromatic nitrogens is 2. The third-order valence-corrected chi connectivity index (χ3v) is 5.95. The Labute approximate surface area is 199 Å². The number of anilines is 3. The van der Waals surface area contributed by atoms with Crippen LogP contribution in [0.4, 0.5) is 30.5 Å². The Balaban J connectivity index is 1.53. The lowest BCUT2D eigenvalue weighted by atomic mass is 9.91. The van der Waals surface area contributed by atoms with E-state index in [0.29, 0.717) is 10.3 Å². The number of hydrogen-bond donors (Lipinski definition) is 3. The van der Waals surface area contributed by atoms with Gasteiger partial charge in [-0.1, -0.05) is 15.9 Å². The molecule has 32 heavy (non-hydrogen) atoms. The highest BCUT2D eigenvalue weighted by Gasteiger charge is 2.34. The minimum absolute atomic E-state index is 0.0654. The monoisotopic (exact) mass is 530 g/mol. The smallest absolute Gasteiger partial charge is 0.367 e. The second-order valence-corrected chi connectivity index (χ2v) is 9.36. The second kappa shape index (κ2) is 10.2. The summed E-state index contributed by atoms with van der Waals surface area (Å²) in [5, 5.41) is 9.53. The predicted octanol–water partition coefficient (Wildman–Crippen LogP) is 5.34. The van der Waals surface area contributed by atoms with Crippen molar-refractivity contribution in [3.05, 3.63) is 40.1 Å². The van der Waals surface area contributed by atoms with Crippen LogP contribution in [0.3, 0.4) is 0 Å².